The van der Waals surface area contributed by atoms with Crippen LogP contribution in [-0.4, -0.2) is 47.4 Å². The first kappa shape index (κ1) is 22.6. The predicted molar refractivity (Wildman–Crippen MR) is 118 cm³/mol. The van der Waals surface area contributed by atoms with E-state index in [4.69, 9.17) is 11.6 Å². The van der Waals surface area contributed by atoms with Crippen molar-refractivity contribution in [3.05, 3.63) is 47.3 Å². The second-order valence-electron chi connectivity index (χ2n) is 8.81. The molecule has 0 saturated heterocycles. The molecule has 2 aliphatic rings. The third-order valence-electron chi connectivity index (χ3n) is 6.28. The van der Waals surface area contributed by atoms with E-state index in [9.17, 15) is 14.9 Å². The summed E-state index contributed by atoms with van der Waals surface area (Å²) >= 11 is 0. The van der Waals surface area contributed by atoms with Crippen LogP contribution in [0, 0.1) is 17.2 Å². The molecule has 0 spiro atoms. The average molecular weight is 425 g/mol. The zero-order valence-electron chi connectivity index (χ0n) is 18.3. The molecular weight excluding hydrogens is 392 g/mol. The second kappa shape index (κ2) is 9.40. The van der Waals surface area contributed by atoms with Gasteiger partial charge in [-0.05, 0) is 55.9 Å². The molecule has 2 saturated carbocycles. The normalized spacial score (nSPS) is 19.1. The topological polar surface area (TPSA) is 128 Å². The van der Waals surface area contributed by atoms with Crippen molar-refractivity contribution in [1.29, 1.82) is 5.26 Å². The first-order chi connectivity index (χ1) is 14.8. The Balaban J connectivity index is 1.77. The van der Waals surface area contributed by atoms with Crippen molar-refractivity contribution in [1.82, 2.24) is 15.2 Å². The van der Waals surface area contributed by atoms with Gasteiger partial charge in [0.1, 0.15) is 5.54 Å². The number of nitrogens with one attached hydrogen (secondary N) is 1. The van der Waals surface area contributed by atoms with Crippen LogP contribution in [0.3, 0.4) is 0 Å². The molecule has 1 aromatic rings. The minimum Gasteiger partial charge on any atom is -0.399 e. The van der Waals surface area contributed by atoms with Crippen LogP contribution in [-0.2, 0) is 0 Å². The van der Waals surface area contributed by atoms with E-state index in [0.29, 0.717) is 29.7 Å². The Bertz CT molecular complexity index is 876. The van der Waals surface area contributed by atoms with Crippen LogP contribution in [0.25, 0.3) is 0 Å². The number of carbonyl (C=O) groups excluding carboxylic acids is 2. The number of benzene rings is 1. The van der Waals surface area contributed by atoms with Crippen LogP contribution < -0.4 is 16.9 Å². The van der Waals surface area contributed by atoms with E-state index in [-0.39, 0.29) is 23.8 Å². The van der Waals surface area contributed by atoms with Gasteiger partial charge in [0.2, 0.25) is 0 Å². The maximum absolute atomic E-state index is 13.0. The molecule has 1 aromatic carbocycles. The van der Waals surface area contributed by atoms with Crippen molar-refractivity contribution in [3.8, 4) is 6.07 Å². The SMILES string of the molecule is CN(C)C(=O)c1ccc(C(=O)N[C@H](/C(N)=C/N(N)C2(C#N)CC2)C2CCCCC2)cc1. The van der Waals surface area contributed by atoms with Crippen molar-refractivity contribution >= 4 is 11.8 Å². The molecule has 166 valence electrons. The minimum absolute atomic E-state index is 0.117. The van der Waals surface area contributed by atoms with Crippen LogP contribution >= 0.6 is 0 Å². The second-order valence-corrected chi connectivity index (χ2v) is 8.81. The lowest BCUT2D eigenvalue weighted by atomic mass is 9.82. The van der Waals surface area contributed by atoms with Crippen molar-refractivity contribution in [2.75, 3.05) is 14.1 Å². The maximum Gasteiger partial charge on any atom is 0.253 e. The lowest BCUT2D eigenvalue weighted by Crippen LogP contribution is -2.46. The third-order valence-corrected chi connectivity index (χ3v) is 6.28. The van der Waals surface area contributed by atoms with Crippen LogP contribution in [0.2, 0.25) is 0 Å². The smallest absolute Gasteiger partial charge is 0.253 e. The molecule has 0 unspecified atom stereocenters. The van der Waals surface area contributed by atoms with Crippen LogP contribution in [0.1, 0.15) is 65.7 Å². The number of nitrogens with two attached hydrogens (primary N) is 2. The molecule has 8 nitrogen and oxygen atoms in total. The van der Waals surface area contributed by atoms with Crippen LogP contribution in [0.4, 0.5) is 0 Å². The quantitative estimate of drug-likeness (QED) is 0.454. The Morgan fingerprint density at radius 3 is 2.26 bits per heavy atom. The Morgan fingerprint density at radius 2 is 1.74 bits per heavy atom. The molecule has 0 heterocycles. The van der Waals surface area contributed by atoms with E-state index in [1.54, 1.807) is 44.6 Å². The fraction of sp³-hybridized carbons (Fsp3) is 0.522. The third kappa shape index (κ3) is 5.17. The van der Waals surface area contributed by atoms with Crippen molar-refractivity contribution in [3.63, 3.8) is 0 Å². The number of nitriles is 1. The summed E-state index contributed by atoms with van der Waals surface area (Å²) in [7, 11) is 3.37. The molecule has 2 aliphatic carbocycles. The molecule has 8 heteroatoms. The van der Waals surface area contributed by atoms with E-state index < -0.39 is 5.54 Å². The summed E-state index contributed by atoms with van der Waals surface area (Å²) in [5, 5.41) is 13.9. The molecule has 0 radical (unpaired) electrons. The summed E-state index contributed by atoms with van der Waals surface area (Å²) in [6.45, 7) is 0. The Labute approximate surface area is 183 Å². The predicted octanol–water partition coefficient (Wildman–Crippen LogP) is 2.10. The molecule has 3 rings (SSSR count). The summed E-state index contributed by atoms with van der Waals surface area (Å²) in [6.07, 6.45) is 8.36. The number of nitrogens with zero attached hydrogens (tertiary/aromatic N) is 3. The monoisotopic (exact) mass is 424 g/mol. The van der Waals surface area contributed by atoms with Gasteiger partial charge in [-0.1, -0.05) is 19.3 Å². The number of hydrogen-bond donors (Lipinski definition) is 3. The highest BCUT2D eigenvalue weighted by atomic mass is 16.2. The summed E-state index contributed by atoms with van der Waals surface area (Å²) in [5.41, 5.74) is 7.18. The molecule has 5 N–H and O–H groups in total. The van der Waals surface area contributed by atoms with Gasteiger partial charge in [0.25, 0.3) is 11.8 Å². The van der Waals surface area contributed by atoms with Crippen LogP contribution in [0.15, 0.2) is 36.2 Å². The summed E-state index contributed by atoms with van der Waals surface area (Å²) < 4.78 is 0. The average Bonchev–Trinajstić information content (AvgIpc) is 3.59. The highest BCUT2D eigenvalue weighted by molar-refractivity contribution is 5.97. The lowest BCUT2D eigenvalue weighted by Gasteiger charge is -2.32. The van der Waals surface area contributed by atoms with E-state index in [0.717, 1.165) is 25.7 Å². The Hall–Kier alpha value is -3.05. The molecule has 2 fully saturated rings. The first-order valence-electron chi connectivity index (χ1n) is 10.8. The van der Waals surface area contributed by atoms with Gasteiger partial charge in [0.15, 0.2) is 0 Å². The van der Waals surface area contributed by atoms with Gasteiger partial charge in [0.05, 0.1) is 12.1 Å². The van der Waals surface area contributed by atoms with E-state index in [1.807, 2.05) is 0 Å². The molecule has 0 aromatic heterocycles. The molecule has 2 amide bonds. The van der Waals surface area contributed by atoms with Gasteiger partial charge in [-0.15, -0.1) is 0 Å². The number of carbonyl (C=O) groups is 2. The highest BCUT2D eigenvalue weighted by Gasteiger charge is 2.47. The zero-order valence-corrected chi connectivity index (χ0v) is 18.3. The van der Waals surface area contributed by atoms with E-state index >= 15 is 0 Å². The summed E-state index contributed by atoms with van der Waals surface area (Å²) in [5.74, 6) is 5.96. The van der Waals surface area contributed by atoms with Gasteiger partial charge in [-0.2, -0.15) is 5.26 Å². The zero-order chi connectivity index (χ0) is 22.6. The fourth-order valence-electron chi connectivity index (χ4n) is 4.10. The highest BCUT2D eigenvalue weighted by Crippen LogP contribution is 2.39. The van der Waals surface area contributed by atoms with Gasteiger partial charge in [0, 0.05) is 37.1 Å². The Morgan fingerprint density at radius 1 is 1.16 bits per heavy atom. The summed E-state index contributed by atoms with van der Waals surface area (Å²) in [6, 6.07) is 8.48. The molecule has 1 atom stereocenters. The van der Waals surface area contributed by atoms with E-state index in [2.05, 4.69) is 11.4 Å². The first-order valence-corrected chi connectivity index (χ1v) is 10.8. The molecule has 31 heavy (non-hydrogen) atoms. The Kier molecular flexibility index (Phi) is 6.86. The number of hydrazine groups is 1. The lowest BCUT2D eigenvalue weighted by molar-refractivity contribution is 0.0826. The molecule has 0 bridgehead atoms. The van der Waals surface area contributed by atoms with Gasteiger partial charge in [-0.25, -0.2) is 5.84 Å². The van der Waals surface area contributed by atoms with Gasteiger partial charge in [-0.3, -0.25) is 14.6 Å². The number of amides is 2. The van der Waals surface area contributed by atoms with Crippen LogP contribution in [0.5, 0.6) is 0 Å². The van der Waals surface area contributed by atoms with Crippen molar-refractivity contribution in [2.24, 2.45) is 17.5 Å². The number of hydrogen-bond acceptors (Lipinski definition) is 6. The molecule has 0 aliphatic heterocycles. The maximum atomic E-state index is 13.0. The van der Waals surface area contributed by atoms with E-state index in [1.165, 1.54) is 16.3 Å². The standard InChI is InChI=1S/C23H32N6O2/c1-28(2)22(31)18-10-8-17(9-11-18)21(30)27-20(16-6-4-3-5-7-16)19(25)14-29(26)23(15-24)12-13-23/h8-11,14,16,20H,3-7,12-13,25-26H2,1-2H3,(H,27,30)/b19-14-/t20-/m0/s1. The molecular formula is C23H32N6O2. The van der Waals surface area contributed by atoms with Gasteiger partial charge < -0.3 is 16.0 Å². The van der Waals surface area contributed by atoms with Crippen molar-refractivity contribution in [2.45, 2.75) is 56.5 Å². The largest absolute Gasteiger partial charge is 0.399 e. The van der Waals surface area contributed by atoms with Crippen molar-refractivity contribution < 1.29 is 9.59 Å². The summed E-state index contributed by atoms with van der Waals surface area (Å²) in [4.78, 5) is 26.5. The number of rotatable bonds is 7. The minimum atomic E-state index is -0.680. The fourth-order valence-corrected chi connectivity index (χ4v) is 4.10. The van der Waals surface area contributed by atoms with Gasteiger partial charge >= 0.3 is 0 Å².